The molecule has 4 nitrogen and oxygen atoms in total. The van der Waals surface area contributed by atoms with Gasteiger partial charge in [-0.25, -0.2) is 0 Å². The number of likely N-dealkylation sites (tertiary alicyclic amines) is 1. The van der Waals surface area contributed by atoms with Crippen LogP contribution in [-0.4, -0.2) is 42.5 Å². The molecule has 1 aliphatic heterocycles. The number of amides is 1. The minimum Gasteiger partial charge on any atom is -0.339 e. The summed E-state index contributed by atoms with van der Waals surface area (Å²) in [5.41, 5.74) is 1.71. The smallest absolute Gasteiger partial charge is 0.253 e. The van der Waals surface area contributed by atoms with Gasteiger partial charge < -0.3 is 10.2 Å². The van der Waals surface area contributed by atoms with Gasteiger partial charge in [0.15, 0.2) is 0 Å². The third-order valence-corrected chi connectivity index (χ3v) is 4.55. The second-order valence-corrected chi connectivity index (χ2v) is 6.04. The number of pyridine rings is 1. The molecule has 1 aliphatic rings. The van der Waals surface area contributed by atoms with Gasteiger partial charge in [0.2, 0.25) is 0 Å². The van der Waals surface area contributed by atoms with E-state index in [4.69, 9.17) is 0 Å². The zero-order valence-corrected chi connectivity index (χ0v) is 13.1. The maximum Gasteiger partial charge on any atom is 0.253 e. The molecule has 4 heteroatoms. The molecule has 0 aliphatic carbocycles. The summed E-state index contributed by atoms with van der Waals surface area (Å²) >= 11 is 0. The lowest BCUT2D eigenvalue weighted by atomic mass is 9.93. The molecule has 1 aromatic heterocycles. The van der Waals surface area contributed by atoms with Gasteiger partial charge in [0.25, 0.3) is 5.91 Å². The van der Waals surface area contributed by atoms with E-state index in [0.29, 0.717) is 0 Å². The molecular weight excluding hydrogens is 274 g/mol. The number of carbonyl (C=O) groups is 1. The Balaban J connectivity index is 1.66. The summed E-state index contributed by atoms with van der Waals surface area (Å²) in [6, 6.07) is 9.69. The zero-order chi connectivity index (χ0) is 15.4. The third kappa shape index (κ3) is 3.28. The highest BCUT2D eigenvalue weighted by Gasteiger charge is 2.23. The van der Waals surface area contributed by atoms with E-state index >= 15 is 0 Å². The van der Waals surface area contributed by atoms with E-state index in [9.17, 15) is 4.79 Å². The minimum atomic E-state index is 0.151. The van der Waals surface area contributed by atoms with Gasteiger partial charge in [-0.2, -0.15) is 0 Å². The highest BCUT2D eigenvalue weighted by molar-refractivity contribution is 5.97. The molecule has 2 aromatic rings. The second kappa shape index (κ2) is 6.88. The van der Waals surface area contributed by atoms with Crippen molar-refractivity contribution in [1.29, 1.82) is 0 Å². The molecule has 0 atom stereocenters. The van der Waals surface area contributed by atoms with Crippen molar-refractivity contribution >= 4 is 16.8 Å². The molecule has 0 spiro atoms. The summed E-state index contributed by atoms with van der Waals surface area (Å²) in [5.74, 6) is 0.898. The van der Waals surface area contributed by atoms with Crippen molar-refractivity contribution in [2.75, 3.05) is 26.7 Å². The molecule has 1 amide bonds. The molecule has 1 aromatic carbocycles. The Morgan fingerprint density at radius 3 is 2.91 bits per heavy atom. The predicted molar refractivity (Wildman–Crippen MR) is 88.9 cm³/mol. The molecule has 0 bridgehead atoms. The summed E-state index contributed by atoms with van der Waals surface area (Å²) in [4.78, 5) is 19.0. The SMILES string of the molecule is CNCCC1CCN(C(=O)c2ccc3ncccc3c2)CC1. The number of piperidine rings is 1. The second-order valence-electron chi connectivity index (χ2n) is 6.04. The van der Waals surface area contributed by atoms with Crippen molar-refractivity contribution in [3.8, 4) is 0 Å². The van der Waals surface area contributed by atoms with Gasteiger partial charge in [0.05, 0.1) is 5.52 Å². The average molecular weight is 297 g/mol. The van der Waals surface area contributed by atoms with Crippen LogP contribution in [-0.2, 0) is 0 Å². The molecule has 0 saturated carbocycles. The fraction of sp³-hybridized carbons (Fsp3) is 0.444. The lowest BCUT2D eigenvalue weighted by Crippen LogP contribution is -2.38. The summed E-state index contributed by atoms with van der Waals surface area (Å²) in [6.45, 7) is 2.81. The average Bonchev–Trinajstić information content (AvgIpc) is 2.59. The highest BCUT2D eigenvalue weighted by atomic mass is 16.2. The minimum absolute atomic E-state index is 0.151. The molecule has 1 fully saturated rings. The summed E-state index contributed by atoms with van der Waals surface area (Å²) in [6.07, 6.45) is 5.21. The number of fused-ring (bicyclic) bond motifs is 1. The van der Waals surface area contributed by atoms with Crippen molar-refractivity contribution in [1.82, 2.24) is 15.2 Å². The lowest BCUT2D eigenvalue weighted by molar-refractivity contribution is 0.0687. The molecule has 116 valence electrons. The first-order valence-corrected chi connectivity index (χ1v) is 8.06. The Morgan fingerprint density at radius 2 is 2.14 bits per heavy atom. The van der Waals surface area contributed by atoms with Crippen LogP contribution in [0.25, 0.3) is 10.9 Å². The van der Waals surface area contributed by atoms with E-state index in [2.05, 4.69) is 10.3 Å². The van der Waals surface area contributed by atoms with Crippen LogP contribution >= 0.6 is 0 Å². The number of benzene rings is 1. The van der Waals surface area contributed by atoms with E-state index < -0.39 is 0 Å². The predicted octanol–water partition coefficient (Wildman–Crippen LogP) is 2.70. The van der Waals surface area contributed by atoms with Crippen molar-refractivity contribution < 1.29 is 4.79 Å². The van der Waals surface area contributed by atoms with Crippen molar-refractivity contribution in [2.45, 2.75) is 19.3 Å². The molecule has 0 radical (unpaired) electrons. The molecule has 3 rings (SSSR count). The van der Waals surface area contributed by atoms with Crippen LogP contribution < -0.4 is 5.32 Å². The van der Waals surface area contributed by atoms with Gasteiger partial charge in [-0.15, -0.1) is 0 Å². The molecule has 1 saturated heterocycles. The Kier molecular flexibility index (Phi) is 4.68. The third-order valence-electron chi connectivity index (χ3n) is 4.55. The number of nitrogens with one attached hydrogen (secondary N) is 1. The van der Waals surface area contributed by atoms with E-state index in [1.807, 2.05) is 42.3 Å². The van der Waals surface area contributed by atoms with Gasteiger partial charge in [0.1, 0.15) is 0 Å². The van der Waals surface area contributed by atoms with Crippen LogP contribution in [0.3, 0.4) is 0 Å². The van der Waals surface area contributed by atoms with E-state index in [-0.39, 0.29) is 5.91 Å². The first-order valence-electron chi connectivity index (χ1n) is 8.06. The van der Waals surface area contributed by atoms with Crippen molar-refractivity contribution in [3.05, 3.63) is 42.1 Å². The Hall–Kier alpha value is -1.94. The lowest BCUT2D eigenvalue weighted by Gasteiger charge is -2.32. The summed E-state index contributed by atoms with van der Waals surface area (Å²) in [5, 5.41) is 4.23. The zero-order valence-electron chi connectivity index (χ0n) is 13.1. The largest absolute Gasteiger partial charge is 0.339 e. The van der Waals surface area contributed by atoms with Gasteiger partial charge in [0, 0.05) is 30.2 Å². The Morgan fingerprint density at radius 1 is 1.32 bits per heavy atom. The molecule has 22 heavy (non-hydrogen) atoms. The van der Waals surface area contributed by atoms with Crippen LogP contribution in [0.15, 0.2) is 36.5 Å². The van der Waals surface area contributed by atoms with Crippen LogP contribution in [0.2, 0.25) is 0 Å². The van der Waals surface area contributed by atoms with Gasteiger partial charge >= 0.3 is 0 Å². The Labute approximate surface area is 131 Å². The summed E-state index contributed by atoms with van der Waals surface area (Å²) < 4.78 is 0. The van der Waals surface area contributed by atoms with E-state index in [0.717, 1.165) is 54.9 Å². The van der Waals surface area contributed by atoms with Crippen molar-refractivity contribution in [3.63, 3.8) is 0 Å². The number of carbonyl (C=O) groups excluding carboxylic acids is 1. The molecular formula is C18H23N3O. The van der Waals surface area contributed by atoms with E-state index in [1.165, 1.54) is 6.42 Å². The van der Waals surface area contributed by atoms with Crippen LogP contribution in [0.4, 0.5) is 0 Å². The highest BCUT2D eigenvalue weighted by Crippen LogP contribution is 2.22. The number of hydrogen-bond donors (Lipinski definition) is 1. The monoisotopic (exact) mass is 297 g/mol. The normalized spacial score (nSPS) is 16.1. The van der Waals surface area contributed by atoms with Crippen LogP contribution in [0.1, 0.15) is 29.6 Å². The maximum atomic E-state index is 12.7. The number of rotatable bonds is 4. The van der Waals surface area contributed by atoms with Gasteiger partial charge in [-0.3, -0.25) is 9.78 Å². The van der Waals surface area contributed by atoms with Crippen LogP contribution in [0.5, 0.6) is 0 Å². The maximum absolute atomic E-state index is 12.7. The molecule has 1 N–H and O–H groups in total. The number of hydrogen-bond acceptors (Lipinski definition) is 3. The number of aromatic nitrogens is 1. The van der Waals surface area contributed by atoms with E-state index in [1.54, 1.807) is 6.20 Å². The van der Waals surface area contributed by atoms with Gasteiger partial charge in [-0.1, -0.05) is 6.07 Å². The standard InChI is InChI=1S/C18H23N3O/c1-19-10-6-14-7-11-21(12-8-14)18(22)16-4-5-17-15(13-16)3-2-9-20-17/h2-5,9,13-14,19H,6-8,10-12H2,1H3. The first-order chi connectivity index (χ1) is 10.8. The summed E-state index contributed by atoms with van der Waals surface area (Å²) in [7, 11) is 1.99. The quantitative estimate of drug-likeness (QED) is 0.943. The first kappa shape index (κ1) is 15.0. The Bertz CT molecular complexity index is 648. The van der Waals surface area contributed by atoms with Gasteiger partial charge in [-0.05, 0) is 63.0 Å². The molecule has 0 unspecified atom stereocenters. The van der Waals surface area contributed by atoms with Crippen LogP contribution in [0, 0.1) is 5.92 Å². The topological polar surface area (TPSA) is 45.2 Å². The molecule has 2 heterocycles. The van der Waals surface area contributed by atoms with Crippen molar-refractivity contribution in [2.24, 2.45) is 5.92 Å². The number of nitrogens with zero attached hydrogens (tertiary/aromatic N) is 2. The fourth-order valence-corrected chi connectivity index (χ4v) is 3.16. The fourth-order valence-electron chi connectivity index (χ4n) is 3.16.